The van der Waals surface area contributed by atoms with Crippen LogP contribution in [0, 0.1) is 0 Å². The predicted molar refractivity (Wildman–Crippen MR) is 86.0 cm³/mol. The Labute approximate surface area is 130 Å². The van der Waals surface area contributed by atoms with E-state index in [1.165, 1.54) is 42.5 Å². The molecule has 0 saturated carbocycles. The first-order valence-electron chi connectivity index (χ1n) is 8.43. The van der Waals surface area contributed by atoms with Crippen LogP contribution in [0.3, 0.4) is 0 Å². The lowest BCUT2D eigenvalue weighted by Crippen LogP contribution is -2.50. The largest absolute Gasteiger partial charge is 0.335 e. The summed E-state index contributed by atoms with van der Waals surface area (Å²) in [5.74, 6) is 0.281. The van der Waals surface area contributed by atoms with Gasteiger partial charge in [-0.3, -0.25) is 4.79 Å². The van der Waals surface area contributed by atoms with Gasteiger partial charge in [0.15, 0.2) is 0 Å². The van der Waals surface area contributed by atoms with Gasteiger partial charge in [0.05, 0.1) is 4.88 Å². The Balaban J connectivity index is 1.53. The molecule has 0 spiro atoms. The number of amides is 1. The third kappa shape index (κ3) is 2.42. The van der Waals surface area contributed by atoms with Gasteiger partial charge in [-0.25, -0.2) is 0 Å². The van der Waals surface area contributed by atoms with Crippen molar-refractivity contribution in [2.24, 2.45) is 0 Å². The Kier molecular flexibility index (Phi) is 3.54. The van der Waals surface area contributed by atoms with Crippen LogP contribution in [0.2, 0.25) is 0 Å². The van der Waals surface area contributed by atoms with E-state index in [4.69, 9.17) is 0 Å². The van der Waals surface area contributed by atoms with E-state index in [9.17, 15) is 4.79 Å². The standard InChI is InChI=1S/C17H24N2OS/c1-2-19(14-9-12-6-7-13(10-14)18-12)17(20)16-8-11-4-3-5-15(11)21-16/h8,12-14,18H,2-7,9-10H2,1H3. The average Bonchev–Trinajstić information content (AvgIpc) is 3.14. The number of nitrogens with zero attached hydrogens (tertiary/aromatic N) is 1. The van der Waals surface area contributed by atoms with Crippen molar-refractivity contribution in [1.82, 2.24) is 10.2 Å². The molecule has 4 heteroatoms. The molecule has 1 amide bonds. The summed E-state index contributed by atoms with van der Waals surface area (Å²) in [4.78, 5) is 17.5. The van der Waals surface area contributed by atoms with Crippen LogP contribution < -0.4 is 5.32 Å². The lowest BCUT2D eigenvalue weighted by molar-refractivity contribution is 0.0636. The van der Waals surface area contributed by atoms with Gasteiger partial charge in [-0.05, 0) is 63.5 Å². The lowest BCUT2D eigenvalue weighted by Gasteiger charge is -2.37. The molecule has 0 radical (unpaired) electrons. The van der Waals surface area contributed by atoms with Crippen molar-refractivity contribution < 1.29 is 4.79 Å². The summed E-state index contributed by atoms with van der Waals surface area (Å²) < 4.78 is 0. The Morgan fingerprint density at radius 2 is 2.10 bits per heavy atom. The zero-order chi connectivity index (χ0) is 14.4. The number of thiophene rings is 1. The SMILES string of the molecule is CCN(C(=O)c1cc2c(s1)CCC2)C1CC2CCC(C1)N2. The van der Waals surface area contributed by atoms with Crippen molar-refractivity contribution >= 4 is 17.2 Å². The number of aryl methyl sites for hydroxylation is 2. The molecule has 3 nitrogen and oxygen atoms in total. The monoisotopic (exact) mass is 304 g/mol. The summed E-state index contributed by atoms with van der Waals surface area (Å²) in [6.45, 7) is 2.97. The van der Waals surface area contributed by atoms with Gasteiger partial charge in [-0.2, -0.15) is 0 Å². The van der Waals surface area contributed by atoms with Crippen LogP contribution in [-0.4, -0.2) is 35.5 Å². The zero-order valence-electron chi connectivity index (χ0n) is 12.7. The third-order valence-corrected chi connectivity index (χ3v) is 6.67. The molecule has 0 aromatic carbocycles. The molecular weight excluding hydrogens is 280 g/mol. The molecule has 2 fully saturated rings. The van der Waals surface area contributed by atoms with Crippen molar-refractivity contribution in [3.8, 4) is 0 Å². The maximum atomic E-state index is 12.9. The Morgan fingerprint density at radius 1 is 1.33 bits per heavy atom. The summed E-state index contributed by atoms with van der Waals surface area (Å²) in [5, 5.41) is 3.67. The van der Waals surface area contributed by atoms with Crippen LogP contribution in [0.5, 0.6) is 0 Å². The molecule has 2 atom stereocenters. The normalized spacial score (nSPS) is 30.4. The van der Waals surface area contributed by atoms with Crippen LogP contribution in [0.15, 0.2) is 6.07 Å². The van der Waals surface area contributed by atoms with Crippen molar-refractivity contribution in [2.75, 3.05) is 6.54 Å². The minimum atomic E-state index is 0.281. The van der Waals surface area contributed by atoms with Crippen molar-refractivity contribution in [3.63, 3.8) is 0 Å². The fraction of sp³-hybridized carbons (Fsp3) is 0.706. The Morgan fingerprint density at radius 3 is 2.76 bits per heavy atom. The van der Waals surface area contributed by atoms with Crippen molar-refractivity contribution in [2.45, 2.75) is 70.0 Å². The number of fused-ring (bicyclic) bond motifs is 3. The zero-order valence-corrected chi connectivity index (χ0v) is 13.5. The van der Waals surface area contributed by atoms with E-state index < -0.39 is 0 Å². The Hall–Kier alpha value is -0.870. The molecule has 114 valence electrons. The predicted octanol–water partition coefficient (Wildman–Crippen LogP) is 2.98. The van der Waals surface area contributed by atoms with Gasteiger partial charge in [0.1, 0.15) is 0 Å². The quantitative estimate of drug-likeness (QED) is 0.931. The number of hydrogen-bond donors (Lipinski definition) is 1. The van der Waals surface area contributed by atoms with E-state index in [0.717, 1.165) is 24.3 Å². The molecule has 2 saturated heterocycles. The van der Waals surface area contributed by atoms with Gasteiger partial charge in [0.25, 0.3) is 5.91 Å². The van der Waals surface area contributed by atoms with E-state index in [-0.39, 0.29) is 5.91 Å². The van der Waals surface area contributed by atoms with Gasteiger partial charge < -0.3 is 10.2 Å². The number of nitrogens with one attached hydrogen (secondary N) is 1. The molecule has 3 aliphatic rings. The third-order valence-electron chi connectivity index (χ3n) is 5.45. The second-order valence-electron chi connectivity index (χ2n) is 6.77. The van der Waals surface area contributed by atoms with Crippen LogP contribution in [-0.2, 0) is 12.8 Å². The maximum absolute atomic E-state index is 12.9. The fourth-order valence-electron chi connectivity index (χ4n) is 4.43. The lowest BCUT2D eigenvalue weighted by atomic mass is 9.98. The minimum absolute atomic E-state index is 0.281. The van der Waals surface area contributed by atoms with E-state index in [2.05, 4.69) is 23.2 Å². The number of carbonyl (C=O) groups is 1. The van der Waals surface area contributed by atoms with Gasteiger partial charge in [0.2, 0.25) is 0 Å². The second kappa shape index (κ2) is 5.40. The van der Waals surface area contributed by atoms with Gasteiger partial charge in [0, 0.05) is 29.5 Å². The topological polar surface area (TPSA) is 32.3 Å². The summed E-state index contributed by atoms with van der Waals surface area (Å²) >= 11 is 1.75. The average molecular weight is 304 g/mol. The highest BCUT2D eigenvalue weighted by Gasteiger charge is 2.37. The molecule has 4 rings (SSSR count). The molecule has 2 unspecified atom stereocenters. The first-order valence-corrected chi connectivity index (χ1v) is 9.25. The smallest absolute Gasteiger partial charge is 0.264 e. The van der Waals surface area contributed by atoms with Gasteiger partial charge >= 0.3 is 0 Å². The molecule has 2 bridgehead atoms. The maximum Gasteiger partial charge on any atom is 0.264 e. The first-order chi connectivity index (χ1) is 10.2. The van der Waals surface area contributed by atoms with Crippen LogP contribution in [0.1, 0.15) is 59.1 Å². The molecule has 1 aromatic rings. The summed E-state index contributed by atoms with van der Waals surface area (Å²) in [7, 11) is 0. The summed E-state index contributed by atoms with van der Waals surface area (Å²) in [6.07, 6.45) is 8.48. The van der Waals surface area contributed by atoms with Crippen LogP contribution in [0.25, 0.3) is 0 Å². The van der Waals surface area contributed by atoms with Gasteiger partial charge in [-0.1, -0.05) is 0 Å². The van der Waals surface area contributed by atoms with Gasteiger partial charge in [-0.15, -0.1) is 11.3 Å². The van der Waals surface area contributed by atoms with Crippen LogP contribution >= 0.6 is 11.3 Å². The number of hydrogen-bond acceptors (Lipinski definition) is 3. The summed E-state index contributed by atoms with van der Waals surface area (Å²) in [5.41, 5.74) is 1.43. The molecule has 1 N–H and O–H groups in total. The molecule has 1 aliphatic carbocycles. The molecule has 3 heterocycles. The van der Waals surface area contributed by atoms with Crippen molar-refractivity contribution in [3.05, 3.63) is 21.4 Å². The Bertz CT molecular complexity index is 519. The van der Waals surface area contributed by atoms with Crippen molar-refractivity contribution in [1.29, 1.82) is 0 Å². The minimum Gasteiger partial charge on any atom is -0.335 e. The first kappa shape index (κ1) is 13.8. The van der Waals surface area contributed by atoms with Crippen LogP contribution in [0.4, 0.5) is 0 Å². The van der Waals surface area contributed by atoms with E-state index in [1.807, 2.05) is 0 Å². The van der Waals surface area contributed by atoms with E-state index in [0.29, 0.717) is 18.1 Å². The second-order valence-corrected chi connectivity index (χ2v) is 7.90. The number of piperidine rings is 1. The number of carbonyl (C=O) groups excluding carboxylic acids is 1. The highest BCUT2D eigenvalue weighted by molar-refractivity contribution is 7.14. The summed E-state index contributed by atoms with van der Waals surface area (Å²) in [6, 6.07) is 3.90. The van der Waals surface area contributed by atoms with E-state index >= 15 is 0 Å². The van der Waals surface area contributed by atoms with E-state index in [1.54, 1.807) is 11.3 Å². The highest BCUT2D eigenvalue weighted by atomic mass is 32.1. The molecule has 1 aromatic heterocycles. The fourth-order valence-corrected chi connectivity index (χ4v) is 5.64. The highest BCUT2D eigenvalue weighted by Crippen LogP contribution is 2.34. The molecule has 21 heavy (non-hydrogen) atoms. The number of rotatable bonds is 3. The molecular formula is C17H24N2OS. The molecule has 2 aliphatic heterocycles.